The van der Waals surface area contributed by atoms with E-state index in [2.05, 4.69) is 10.3 Å². The Hall–Kier alpha value is -1.33. The van der Waals surface area contributed by atoms with E-state index in [4.69, 9.17) is 21.4 Å². The van der Waals surface area contributed by atoms with Crippen molar-refractivity contribution in [3.63, 3.8) is 0 Å². The van der Waals surface area contributed by atoms with E-state index >= 15 is 0 Å². The number of aromatic nitrogens is 1. The number of carbonyl (C=O) groups is 1. The molecule has 1 aromatic heterocycles. The van der Waals surface area contributed by atoms with E-state index in [1.165, 1.54) is 6.20 Å². The van der Waals surface area contributed by atoms with Crippen LogP contribution in [0, 0.1) is 5.41 Å². The SMILES string of the molecule is CC(C)Oc1ncc(C(=O)NCC(C)(C)CCO)cc1Cl. The number of carbonyl (C=O) groups excluding carboxylic acids is 1. The maximum Gasteiger partial charge on any atom is 0.252 e. The number of rotatable bonds is 7. The molecule has 118 valence electrons. The number of ether oxygens (including phenoxy) is 1. The van der Waals surface area contributed by atoms with Crippen molar-refractivity contribution in [1.29, 1.82) is 0 Å². The number of nitrogens with zero attached hydrogens (tertiary/aromatic N) is 1. The molecule has 1 aromatic rings. The van der Waals surface area contributed by atoms with Gasteiger partial charge in [0.25, 0.3) is 5.91 Å². The van der Waals surface area contributed by atoms with Gasteiger partial charge in [-0.3, -0.25) is 4.79 Å². The highest BCUT2D eigenvalue weighted by atomic mass is 35.5. The highest BCUT2D eigenvalue weighted by Gasteiger charge is 2.19. The summed E-state index contributed by atoms with van der Waals surface area (Å²) in [6.07, 6.45) is 2.03. The first kappa shape index (κ1) is 17.7. The third-order valence-corrected chi connectivity index (χ3v) is 3.20. The number of amides is 1. The second-order valence-electron chi connectivity index (χ2n) is 6.00. The van der Waals surface area contributed by atoms with E-state index < -0.39 is 0 Å². The summed E-state index contributed by atoms with van der Waals surface area (Å²) in [5.41, 5.74) is 0.221. The summed E-state index contributed by atoms with van der Waals surface area (Å²) >= 11 is 6.06. The van der Waals surface area contributed by atoms with Gasteiger partial charge >= 0.3 is 0 Å². The molecule has 21 heavy (non-hydrogen) atoms. The maximum atomic E-state index is 12.1. The monoisotopic (exact) mass is 314 g/mol. The minimum Gasteiger partial charge on any atom is -0.474 e. The summed E-state index contributed by atoms with van der Waals surface area (Å²) in [4.78, 5) is 16.1. The molecule has 0 atom stereocenters. The number of hydrogen-bond acceptors (Lipinski definition) is 4. The molecule has 6 heteroatoms. The van der Waals surface area contributed by atoms with Crippen LogP contribution in [0.3, 0.4) is 0 Å². The molecule has 0 bridgehead atoms. The number of nitrogens with one attached hydrogen (secondary N) is 1. The molecule has 1 amide bonds. The average molecular weight is 315 g/mol. The zero-order valence-electron chi connectivity index (χ0n) is 12.9. The lowest BCUT2D eigenvalue weighted by Gasteiger charge is -2.23. The number of aliphatic hydroxyl groups excluding tert-OH is 1. The van der Waals surface area contributed by atoms with Crippen molar-refractivity contribution in [3.05, 3.63) is 22.8 Å². The van der Waals surface area contributed by atoms with E-state index in [1.54, 1.807) is 6.07 Å². The van der Waals surface area contributed by atoms with Crippen LogP contribution in [0.5, 0.6) is 5.88 Å². The van der Waals surface area contributed by atoms with Crippen molar-refractivity contribution in [2.24, 2.45) is 5.41 Å². The van der Waals surface area contributed by atoms with E-state index in [1.807, 2.05) is 27.7 Å². The second-order valence-corrected chi connectivity index (χ2v) is 6.41. The summed E-state index contributed by atoms with van der Waals surface area (Å²) in [7, 11) is 0. The van der Waals surface area contributed by atoms with Gasteiger partial charge in [-0.25, -0.2) is 4.98 Å². The molecule has 0 aliphatic carbocycles. The number of halogens is 1. The second kappa shape index (κ2) is 7.61. The first-order valence-corrected chi connectivity index (χ1v) is 7.34. The minimum atomic E-state index is -0.244. The van der Waals surface area contributed by atoms with Gasteiger partial charge in [-0.2, -0.15) is 0 Å². The number of hydrogen-bond donors (Lipinski definition) is 2. The first-order valence-electron chi connectivity index (χ1n) is 6.96. The first-order chi connectivity index (χ1) is 9.75. The molecule has 0 saturated heterocycles. The summed E-state index contributed by atoms with van der Waals surface area (Å²) in [6.45, 7) is 8.28. The van der Waals surface area contributed by atoms with E-state index in [9.17, 15) is 4.79 Å². The van der Waals surface area contributed by atoms with Gasteiger partial charge < -0.3 is 15.2 Å². The molecule has 0 spiro atoms. The molecular weight excluding hydrogens is 292 g/mol. The predicted molar refractivity (Wildman–Crippen MR) is 82.8 cm³/mol. The van der Waals surface area contributed by atoms with Gasteiger partial charge in [-0.15, -0.1) is 0 Å². The Labute approximate surface area is 130 Å². The Morgan fingerprint density at radius 2 is 2.19 bits per heavy atom. The Balaban J connectivity index is 2.69. The molecule has 0 fully saturated rings. The smallest absolute Gasteiger partial charge is 0.252 e. The van der Waals surface area contributed by atoms with Crippen LogP contribution < -0.4 is 10.1 Å². The summed E-state index contributed by atoms with van der Waals surface area (Å²) < 4.78 is 5.42. The van der Waals surface area contributed by atoms with Crippen molar-refractivity contribution >= 4 is 17.5 Å². The molecule has 5 nitrogen and oxygen atoms in total. The Morgan fingerprint density at radius 3 is 2.71 bits per heavy atom. The van der Waals surface area contributed by atoms with E-state index in [0.29, 0.717) is 29.4 Å². The van der Waals surface area contributed by atoms with Crippen molar-refractivity contribution in [2.75, 3.05) is 13.2 Å². The standard InChI is InChI=1S/C15H23ClN2O3/c1-10(2)21-14-12(16)7-11(8-17-14)13(20)18-9-15(3,4)5-6-19/h7-8,10,19H,5-6,9H2,1-4H3,(H,18,20). The van der Waals surface area contributed by atoms with E-state index in [0.717, 1.165) is 0 Å². The van der Waals surface area contributed by atoms with Gasteiger partial charge in [0.05, 0.1) is 11.7 Å². The Bertz CT molecular complexity index is 490. The highest BCUT2D eigenvalue weighted by Crippen LogP contribution is 2.23. The lowest BCUT2D eigenvalue weighted by molar-refractivity contribution is 0.0927. The maximum absolute atomic E-state index is 12.1. The summed E-state index contributed by atoms with van der Waals surface area (Å²) in [5.74, 6) is 0.0790. The molecular formula is C15H23ClN2O3. The lowest BCUT2D eigenvalue weighted by atomic mass is 9.90. The quantitative estimate of drug-likeness (QED) is 0.811. The van der Waals surface area contributed by atoms with E-state index in [-0.39, 0.29) is 24.0 Å². The van der Waals surface area contributed by atoms with Crippen LogP contribution in [0.4, 0.5) is 0 Å². The molecule has 0 aliphatic rings. The highest BCUT2D eigenvalue weighted by molar-refractivity contribution is 6.32. The average Bonchev–Trinajstić information content (AvgIpc) is 2.38. The van der Waals surface area contributed by atoms with Crippen molar-refractivity contribution in [3.8, 4) is 5.88 Å². The van der Waals surface area contributed by atoms with Crippen LogP contribution in [0.15, 0.2) is 12.3 Å². The van der Waals surface area contributed by atoms with Crippen molar-refractivity contribution in [2.45, 2.75) is 40.2 Å². The molecule has 1 rings (SSSR count). The fourth-order valence-electron chi connectivity index (χ4n) is 1.67. The zero-order chi connectivity index (χ0) is 16.0. The normalized spacial score (nSPS) is 11.6. The van der Waals surface area contributed by atoms with Gasteiger partial charge in [0.1, 0.15) is 5.02 Å². The fraction of sp³-hybridized carbons (Fsp3) is 0.600. The van der Waals surface area contributed by atoms with Crippen molar-refractivity contribution < 1.29 is 14.6 Å². The van der Waals surface area contributed by atoms with Crippen LogP contribution >= 0.6 is 11.6 Å². The third kappa shape index (κ3) is 5.89. The molecule has 0 aromatic carbocycles. The molecule has 0 saturated carbocycles. The van der Waals surface area contributed by atoms with Crippen LogP contribution in [0.25, 0.3) is 0 Å². The topological polar surface area (TPSA) is 71.5 Å². The predicted octanol–water partition coefficient (Wildman–Crippen LogP) is 2.66. The van der Waals surface area contributed by atoms with Gasteiger partial charge in [0, 0.05) is 19.3 Å². The molecule has 0 radical (unpaired) electrons. The zero-order valence-corrected chi connectivity index (χ0v) is 13.7. The van der Waals surface area contributed by atoms with Gasteiger partial charge in [-0.1, -0.05) is 25.4 Å². The number of aliphatic hydroxyl groups is 1. The minimum absolute atomic E-state index is 0.0334. The van der Waals surface area contributed by atoms with Crippen LogP contribution in [0.1, 0.15) is 44.5 Å². The molecule has 0 aliphatic heterocycles. The van der Waals surface area contributed by atoms with Gasteiger partial charge in [0.2, 0.25) is 5.88 Å². The summed E-state index contributed by atoms with van der Waals surface area (Å²) in [6, 6.07) is 1.54. The third-order valence-electron chi connectivity index (χ3n) is 2.93. The number of pyridine rings is 1. The Kier molecular flexibility index (Phi) is 6.42. The molecule has 1 heterocycles. The van der Waals surface area contributed by atoms with Gasteiger partial charge in [-0.05, 0) is 31.7 Å². The molecule has 0 unspecified atom stereocenters. The fourth-order valence-corrected chi connectivity index (χ4v) is 1.88. The Morgan fingerprint density at radius 1 is 1.52 bits per heavy atom. The largest absolute Gasteiger partial charge is 0.474 e. The summed E-state index contributed by atoms with van der Waals surface area (Å²) in [5, 5.41) is 12.1. The van der Waals surface area contributed by atoms with Gasteiger partial charge in [0.15, 0.2) is 0 Å². The van der Waals surface area contributed by atoms with Crippen LogP contribution in [-0.2, 0) is 0 Å². The van der Waals surface area contributed by atoms with Crippen LogP contribution in [0.2, 0.25) is 5.02 Å². The molecule has 2 N–H and O–H groups in total. The van der Waals surface area contributed by atoms with Crippen LogP contribution in [-0.4, -0.2) is 35.3 Å². The lowest BCUT2D eigenvalue weighted by Crippen LogP contribution is -2.34. The van der Waals surface area contributed by atoms with Crippen molar-refractivity contribution in [1.82, 2.24) is 10.3 Å².